The molecule has 0 unspecified atom stereocenters. The second-order valence-electron chi connectivity index (χ2n) is 5.21. The fourth-order valence-electron chi connectivity index (χ4n) is 2.08. The van der Waals surface area contributed by atoms with Gasteiger partial charge in [-0.2, -0.15) is 0 Å². The highest BCUT2D eigenvalue weighted by molar-refractivity contribution is 7.92. The minimum Gasteiger partial charge on any atom is -0.375 e. The topological polar surface area (TPSA) is 37.4 Å². The summed E-state index contributed by atoms with van der Waals surface area (Å²) in [7, 11) is -1.02. The summed E-state index contributed by atoms with van der Waals surface area (Å²) in [5, 5.41) is 0. The number of hydrogen-bond acceptors (Lipinski definition) is 4. The van der Waals surface area contributed by atoms with Crippen molar-refractivity contribution in [3.63, 3.8) is 0 Å². The number of anilines is 1. The second-order valence-corrected chi connectivity index (χ2v) is 8.54. The number of sulfone groups is 1. The summed E-state index contributed by atoms with van der Waals surface area (Å²) in [6.07, 6.45) is 3.61. The van der Waals surface area contributed by atoms with Gasteiger partial charge in [-0.1, -0.05) is 39.3 Å². The summed E-state index contributed by atoms with van der Waals surface area (Å²) in [6, 6.07) is 11.8. The summed E-state index contributed by atoms with van der Waals surface area (Å²) in [6.45, 7) is 7.24. The van der Waals surface area contributed by atoms with E-state index in [9.17, 15) is 8.42 Å². The molecule has 5 heteroatoms. The van der Waals surface area contributed by atoms with Gasteiger partial charge in [0, 0.05) is 30.4 Å². The molecule has 23 heavy (non-hydrogen) atoms. The van der Waals surface area contributed by atoms with Crippen molar-refractivity contribution in [2.45, 2.75) is 37.8 Å². The van der Waals surface area contributed by atoms with E-state index in [1.54, 1.807) is 6.07 Å². The molecule has 0 saturated carbocycles. The van der Waals surface area contributed by atoms with Gasteiger partial charge < -0.3 is 4.90 Å². The Bertz CT molecular complexity index is 688. The van der Waals surface area contributed by atoms with Gasteiger partial charge in [0.05, 0.1) is 0 Å². The van der Waals surface area contributed by atoms with E-state index < -0.39 is 9.84 Å². The Balaban J connectivity index is 0.00000127. The normalized spacial score (nSPS) is 10.8. The number of benzene rings is 1. The van der Waals surface area contributed by atoms with Gasteiger partial charge in [0.1, 0.15) is 4.21 Å². The van der Waals surface area contributed by atoms with Gasteiger partial charge in [-0.05, 0) is 36.2 Å². The van der Waals surface area contributed by atoms with Crippen LogP contribution in [0.25, 0.3) is 10.4 Å². The maximum atomic E-state index is 11.5. The molecule has 2 aromatic rings. The molecule has 0 N–H and O–H groups in total. The minimum atomic E-state index is -3.11. The van der Waals surface area contributed by atoms with Crippen molar-refractivity contribution in [1.82, 2.24) is 0 Å². The Hall–Kier alpha value is -1.33. The molecule has 128 valence electrons. The maximum Gasteiger partial charge on any atom is 0.184 e. The van der Waals surface area contributed by atoms with Crippen LogP contribution in [0.3, 0.4) is 0 Å². The third kappa shape index (κ3) is 5.66. The van der Waals surface area contributed by atoms with Crippen LogP contribution in [-0.4, -0.2) is 28.3 Å². The first-order valence-electron chi connectivity index (χ1n) is 8.03. The quantitative estimate of drug-likeness (QED) is 0.726. The van der Waals surface area contributed by atoms with E-state index in [1.807, 2.05) is 19.9 Å². The lowest BCUT2D eigenvalue weighted by molar-refractivity contribution is 0.604. The van der Waals surface area contributed by atoms with E-state index in [1.165, 1.54) is 36.1 Å². The smallest absolute Gasteiger partial charge is 0.184 e. The van der Waals surface area contributed by atoms with Crippen LogP contribution in [0.1, 0.15) is 33.6 Å². The standard InChI is InChI=1S/C16H21NO2S2.C2H6/c1-4-5-12-17(2)14-8-6-13(7-9-14)15-10-11-16(20-15)21(3,18)19;1-2/h6-11H,4-5,12H2,1-3H3;1-2H3. The molecule has 1 aromatic heterocycles. The van der Waals surface area contributed by atoms with E-state index >= 15 is 0 Å². The third-order valence-electron chi connectivity index (χ3n) is 3.39. The van der Waals surface area contributed by atoms with Crippen LogP contribution in [0, 0.1) is 0 Å². The van der Waals surface area contributed by atoms with Gasteiger partial charge >= 0.3 is 0 Å². The number of thiophene rings is 1. The number of hydrogen-bond donors (Lipinski definition) is 0. The Morgan fingerprint density at radius 2 is 1.65 bits per heavy atom. The second kappa shape index (κ2) is 9.08. The number of unbranched alkanes of at least 4 members (excludes halogenated alkanes) is 1. The summed E-state index contributed by atoms with van der Waals surface area (Å²) in [5.74, 6) is 0. The summed E-state index contributed by atoms with van der Waals surface area (Å²) in [4.78, 5) is 3.22. The lowest BCUT2D eigenvalue weighted by Crippen LogP contribution is -2.17. The van der Waals surface area contributed by atoms with Gasteiger partial charge in [-0.3, -0.25) is 0 Å². The van der Waals surface area contributed by atoms with Crippen LogP contribution in [0.15, 0.2) is 40.6 Å². The van der Waals surface area contributed by atoms with E-state index in [-0.39, 0.29) is 0 Å². The predicted molar refractivity (Wildman–Crippen MR) is 102 cm³/mol. The first-order valence-corrected chi connectivity index (χ1v) is 10.7. The monoisotopic (exact) mass is 353 g/mol. The Morgan fingerprint density at radius 1 is 1.04 bits per heavy atom. The average molecular weight is 354 g/mol. The van der Waals surface area contributed by atoms with Crippen LogP contribution >= 0.6 is 11.3 Å². The molecular formula is C18H27NO2S2. The molecule has 3 nitrogen and oxygen atoms in total. The molecule has 0 aliphatic heterocycles. The van der Waals surface area contributed by atoms with Crippen molar-refractivity contribution in [2.75, 3.05) is 24.7 Å². The first kappa shape index (κ1) is 19.7. The van der Waals surface area contributed by atoms with Crippen LogP contribution in [0.2, 0.25) is 0 Å². The van der Waals surface area contributed by atoms with Crippen molar-refractivity contribution >= 4 is 26.9 Å². The highest BCUT2D eigenvalue weighted by Gasteiger charge is 2.11. The fourth-order valence-corrected chi connectivity index (χ4v) is 4.01. The molecule has 0 fully saturated rings. The summed E-state index contributed by atoms with van der Waals surface area (Å²) >= 11 is 1.32. The molecular weight excluding hydrogens is 326 g/mol. The van der Waals surface area contributed by atoms with Gasteiger partial charge in [0.25, 0.3) is 0 Å². The molecule has 0 bridgehead atoms. The van der Waals surface area contributed by atoms with Gasteiger partial charge in [0.2, 0.25) is 0 Å². The summed E-state index contributed by atoms with van der Waals surface area (Å²) in [5.41, 5.74) is 2.25. The molecule has 1 heterocycles. The molecule has 2 rings (SSSR count). The van der Waals surface area contributed by atoms with Crippen LogP contribution in [0.4, 0.5) is 5.69 Å². The highest BCUT2D eigenvalue weighted by atomic mass is 32.2. The number of rotatable bonds is 6. The summed E-state index contributed by atoms with van der Waals surface area (Å²) < 4.78 is 23.5. The largest absolute Gasteiger partial charge is 0.375 e. The Morgan fingerprint density at radius 3 is 2.13 bits per heavy atom. The van der Waals surface area contributed by atoms with Crippen molar-refractivity contribution in [1.29, 1.82) is 0 Å². The zero-order valence-electron chi connectivity index (χ0n) is 14.7. The highest BCUT2D eigenvalue weighted by Crippen LogP contribution is 2.31. The van der Waals surface area contributed by atoms with Crippen molar-refractivity contribution in [2.24, 2.45) is 0 Å². The van der Waals surface area contributed by atoms with Crippen LogP contribution in [0.5, 0.6) is 0 Å². The molecule has 0 spiro atoms. The molecule has 1 aromatic carbocycles. The lowest BCUT2D eigenvalue weighted by atomic mass is 10.1. The maximum absolute atomic E-state index is 11.5. The molecule has 0 saturated heterocycles. The van der Waals surface area contributed by atoms with Crippen molar-refractivity contribution in [3.8, 4) is 10.4 Å². The van der Waals surface area contributed by atoms with Gasteiger partial charge in [-0.15, -0.1) is 11.3 Å². The first-order chi connectivity index (χ1) is 10.9. The Labute approximate surface area is 144 Å². The van der Waals surface area contributed by atoms with Crippen molar-refractivity contribution < 1.29 is 8.42 Å². The molecule has 0 amide bonds. The predicted octanol–water partition coefficient (Wildman–Crippen LogP) is 5.08. The number of nitrogens with zero attached hydrogens (tertiary/aromatic N) is 1. The minimum absolute atomic E-state index is 0.418. The Kier molecular flexibility index (Phi) is 7.79. The van der Waals surface area contributed by atoms with Crippen LogP contribution in [-0.2, 0) is 9.84 Å². The lowest BCUT2D eigenvalue weighted by Gasteiger charge is -2.19. The van der Waals surface area contributed by atoms with E-state index in [0.717, 1.165) is 17.0 Å². The SMILES string of the molecule is CC.CCCCN(C)c1ccc(-c2ccc(S(C)(=O)=O)s2)cc1. The van der Waals surface area contributed by atoms with Crippen LogP contribution < -0.4 is 4.90 Å². The van der Waals surface area contributed by atoms with Crippen molar-refractivity contribution in [3.05, 3.63) is 36.4 Å². The average Bonchev–Trinajstić information content (AvgIpc) is 3.05. The van der Waals surface area contributed by atoms with Gasteiger partial charge in [0.15, 0.2) is 9.84 Å². The van der Waals surface area contributed by atoms with E-state index in [2.05, 4.69) is 43.1 Å². The zero-order valence-corrected chi connectivity index (χ0v) is 16.3. The molecule has 0 atom stereocenters. The molecule has 0 radical (unpaired) electrons. The fraction of sp³-hybridized carbons (Fsp3) is 0.444. The van der Waals surface area contributed by atoms with E-state index in [4.69, 9.17) is 0 Å². The third-order valence-corrected chi connectivity index (χ3v) is 6.34. The van der Waals surface area contributed by atoms with Gasteiger partial charge in [-0.25, -0.2) is 8.42 Å². The molecule has 0 aliphatic carbocycles. The molecule has 0 aliphatic rings. The zero-order chi connectivity index (χ0) is 17.5. The van der Waals surface area contributed by atoms with E-state index in [0.29, 0.717) is 4.21 Å².